The average Bonchev–Trinajstić information content (AvgIpc) is 2.21. The maximum absolute atomic E-state index is 11.1. The van der Waals surface area contributed by atoms with Gasteiger partial charge in [-0.25, -0.2) is 0 Å². The molecule has 82 valence electrons. The molecule has 1 aromatic carbocycles. The van der Waals surface area contributed by atoms with Gasteiger partial charge in [-0.15, -0.1) is 0 Å². The minimum Gasteiger partial charge on any atom is -0.376 e. The molecule has 0 saturated carbocycles. The van der Waals surface area contributed by atoms with Gasteiger partial charge in [0.15, 0.2) is 5.78 Å². The second-order valence-corrected chi connectivity index (χ2v) is 3.92. The van der Waals surface area contributed by atoms with Crippen molar-refractivity contribution < 1.29 is 4.79 Å². The van der Waals surface area contributed by atoms with Crippen LogP contribution in [0.4, 0.5) is 5.69 Å². The van der Waals surface area contributed by atoms with E-state index in [2.05, 4.69) is 24.4 Å². The molecule has 0 fully saturated rings. The van der Waals surface area contributed by atoms with Crippen LogP contribution in [0.25, 0.3) is 0 Å². The summed E-state index contributed by atoms with van der Waals surface area (Å²) in [7, 11) is 0. The summed E-state index contributed by atoms with van der Waals surface area (Å²) in [4.78, 5) is 11.1. The lowest BCUT2D eigenvalue weighted by Crippen LogP contribution is -2.23. The van der Waals surface area contributed by atoms with Gasteiger partial charge in [0, 0.05) is 5.69 Å². The summed E-state index contributed by atoms with van der Waals surface area (Å²) in [5.41, 5.74) is 2.36. The molecule has 0 amide bonds. The van der Waals surface area contributed by atoms with Gasteiger partial charge < -0.3 is 5.32 Å². The summed E-state index contributed by atoms with van der Waals surface area (Å²) in [5, 5.41) is 3.16. The molecule has 1 aromatic rings. The van der Waals surface area contributed by atoms with E-state index in [0.29, 0.717) is 0 Å². The predicted molar refractivity (Wildman–Crippen MR) is 64.2 cm³/mol. The number of anilines is 1. The molecule has 1 rings (SSSR count). The van der Waals surface area contributed by atoms with E-state index >= 15 is 0 Å². The highest BCUT2D eigenvalue weighted by Gasteiger charge is 2.05. The van der Waals surface area contributed by atoms with Crippen molar-refractivity contribution in [2.24, 2.45) is 0 Å². The van der Waals surface area contributed by atoms with Crippen LogP contribution in [0.2, 0.25) is 0 Å². The average molecular weight is 205 g/mol. The summed E-state index contributed by atoms with van der Waals surface area (Å²) >= 11 is 0. The zero-order chi connectivity index (χ0) is 11.3. The Morgan fingerprint density at radius 2 is 1.93 bits per heavy atom. The van der Waals surface area contributed by atoms with Crippen molar-refractivity contribution in [3.8, 4) is 0 Å². The van der Waals surface area contributed by atoms with Gasteiger partial charge in [0.25, 0.3) is 0 Å². The molecule has 0 aromatic heterocycles. The van der Waals surface area contributed by atoms with Gasteiger partial charge in [-0.2, -0.15) is 0 Å². The molecular weight excluding hydrogens is 186 g/mol. The standard InChI is InChI=1S/C13H19NO/c1-4-5-12-6-8-13(9-7-12)14-10(2)11(3)15/h6-10,14H,4-5H2,1-3H3. The third-order valence-electron chi connectivity index (χ3n) is 2.49. The molecule has 0 saturated heterocycles. The quantitative estimate of drug-likeness (QED) is 0.800. The molecule has 0 bridgehead atoms. The summed E-state index contributed by atoms with van der Waals surface area (Å²) in [6.45, 7) is 5.65. The SMILES string of the molecule is CCCc1ccc(NC(C)C(C)=O)cc1. The van der Waals surface area contributed by atoms with Crippen LogP contribution in [-0.2, 0) is 11.2 Å². The van der Waals surface area contributed by atoms with Gasteiger partial charge in [0.2, 0.25) is 0 Å². The molecule has 0 spiro atoms. The highest BCUT2D eigenvalue weighted by Crippen LogP contribution is 2.12. The van der Waals surface area contributed by atoms with E-state index in [9.17, 15) is 4.79 Å². The van der Waals surface area contributed by atoms with Crippen molar-refractivity contribution in [2.45, 2.75) is 39.7 Å². The first-order valence-electron chi connectivity index (χ1n) is 5.49. The number of rotatable bonds is 5. The van der Waals surface area contributed by atoms with E-state index in [4.69, 9.17) is 0 Å². The molecular formula is C13H19NO. The van der Waals surface area contributed by atoms with Gasteiger partial charge in [0.05, 0.1) is 6.04 Å². The van der Waals surface area contributed by atoms with Crippen molar-refractivity contribution in [3.63, 3.8) is 0 Å². The minimum atomic E-state index is -0.109. The van der Waals surface area contributed by atoms with Crippen molar-refractivity contribution in [2.75, 3.05) is 5.32 Å². The van der Waals surface area contributed by atoms with Crippen LogP contribution >= 0.6 is 0 Å². The maximum atomic E-state index is 11.1. The lowest BCUT2D eigenvalue weighted by molar-refractivity contribution is -0.117. The van der Waals surface area contributed by atoms with E-state index in [1.54, 1.807) is 6.92 Å². The summed E-state index contributed by atoms with van der Waals surface area (Å²) in [5.74, 6) is 0.160. The van der Waals surface area contributed by atoms with Crippen LogP contribution in [0, 0.1) is 0 Å². The van der Waals surface area contributed by atoms with E-state index < -0.39 is 0 Å². The predicted octanol–water partition coefficient (Wildman–Crippen LogP) is 3.03. The second-order valence-electron chi connectivity index (χ2n) is 3.92. The highest BCUT2D eigenvalue weighted by atomic mass is 16.1. The van der Waals surface area contributed by atoms with Crippen molar-refractivity contribution >= 4 is 11.5 Å². The van der Waals surface area contributed by atoms with Crippen molar-refractivity contribution in [1.29, 1.82) is 0 Å². The zero-order valence-corrected chi connectivity index (χ0v) is 9.71. The Kier molecular flexibility index (Phi) is 4.35. The molecule has 0 aliphatic carbocycles. The summed E-state index contributed by atoms with van der Waals surface area (Å²) in [6.07, 6.45) is 2.28. The Labute approximate surface area is 91.7 Å². The Hall–Kier alpha value is -1.31. The smallest absolute Gasteiger partial charge is 0.151 e. The Balaban J connectivity index is 2.60. The van der Waals surface area contributed by atoms with Crippen LogP contribution in [0.3, 0.4) is 0 Å². The molecule has 0 aliphatic rings. The van der Waals surface area contributed by atoms with Gasteiger partial charge in [-0.05, 0) is 38.0 Å². The fourth-order valence-electron chi connectivity index (χ4n) is 1.41. The molecule has 15 heavy (non-hydrogen) atoms. The van der Waals surface area contributed by atoms with Gasteiger partial charge >= 0.3 is 0 Å². The fraction of sp³-hybridized carbons (Fsp3) is 0.462. The van der Waals surface area contributed by atoms with Gasteiger partial charge in [-0.1, -0.05) is 25.5 Å². The first-order chi connectivity index (χ1) is 7.13. The first-order valence-corrected chi connectivity index (χ1v) is 5.49. The number of aryl methyl sites for hydroxylation is 1. The van der Waals surface area contributed by atoms with Crippen LogP contribution < -0.4 is 5.32 Å². The van der Waals surface area contributed by atoms with Crippen LogP contribution in [0.5, 0.6) is 0 Å². The van der Waals surface area contributed by atoms with E-state index in [0.717, 1.165) is 18.5 Å². The molecule has 2 heteroatoms. The summed E-state index contributed by atoms with van der Waals surface area (Å²) < 4.78 is 0. The molecule has 0 radical (unpaired) electrons. The minimum absolute atomic E-state index is 0.109. The third-order valence-corrected chi connectivity index (χ3v) is 2.49. The third kappa shape index (κ3) is 3.74. The number of hydrogen-bond donors (Lipinski definition) is 1. The number of carbonyl (C=O) groups is 1. The van der Waals surface area contributed by atoms with Gasteiger partial charge in [0.1, 0.15) is 0 Å². The number of nitrogens with one attached hydrogen (secondary N) is 1. The highest BCUT2D eigenvalue weighted by molar-refractivity contribution is 5.83. The molecule has 2 nitrogen and oxygen atoms in total. The molecule has 1 unspecified atom stereocenters. The topological polar surface area (TPSA) is 29.1 Å². The molecule has 1 N–H and O–H groups in total. The number of benzene rings is 1. The second kappa shape index (κ2) is 5.54. The van der Waals surface area contributed by atoms with Crippen molar-refractivity contribution in [3.05, 3.63) is 29.8 Å². The lowest BCUT2D eigenvalue weighted by Gasteiger charge is -2.12. The van der Waals surface area contributed by atoms with E-state index in [-0.39, 0.29) is 11.8 Å². The van der Waals surface area contributed by atoms with E-state index in [1.807, 2.05) is 19.1 Å². The van der Waals surface area contributed by atoms with Crippen molar-refractivity contribution in [1.82, 2.24) is 0 Å². The Morgan fingerprint density at radius 1 is 1.33 bits per heavy atom. The normalized spacial score (nSPS) is 12.2. The van der Waals surface area contributed by atoms with Gasteiger partial charge in [-0.3, -0.25) is 4.79 Å². The monoisotopic (exact) mass is 205 g/mol. The van der Waals surface area contributed by atoms with Crippen LogP contribution in [0.15, 0.2) is 24.3 Å². The fourth-order valence-corrected chi connectivity index (χ4v) is 1.41. The first kappa shape index (κ1) is 11.8. The Bertz CT molecular complexity index is 316. The number of ketones is 1. The maximum Gasteiger partial charge on any atom is 0.151 e. The number of carbonyl (C=O) groups excluding carboxylic acids is 1. The number of Topliss-reactive ketones (excluding diaryl/α,β-unsaturated/α-hetero) is 1. The van der Waals surface area contributed by atoms with E-state index in [1.165, 1.54) is 5.56 Å². The van der Waals surface area contributed by atoms with Crippen LogP contribution in [-0.4, -0.2) is 11.8 Å². The molecule has 0 aliphatic heterocycles. The molecule has 0 heterocycles. The number of hydrogen-bond acceptors (Lipinski definition) is 2. The largest absolute Gasteiger partial charge is 0.376 e. The molecule has 1 atom stereocenters. The zero-order valence-electron chi connectivity index (χ0n) is 9.71. The Morgan fingerprint density at radius 3 is 2.40 bits per heavy atom. The van der Waals surface area contributed by atoms with Crippen LogP contribution in [0.1, 0.15) is 32.8 Å². The summed E-state index contributed by atoms with van der Waals surface area (Å²) in [6, 6.07) is 8.17. The lowest BCUT2D eigenvalue weighted by atomic mass is 10.1.